The molecule has 0 spiro atoms. The lowest BCUT2D eigenvalue weighted by Gasteiger charge is -2.22. The van der Waals surface area contributed by atoms with Crippen LogP contribution in [0.15, 0.2) is 30.3 Å². The summed E-state index contributed by atoms with van der Waals surface area (Å²) in [7, 11) is 0. The molecule has 1 aromatic carbocycles. The minimum Gasteiger partial charge on any atom is -0.114 e. The van der Waals surface area contributed by atoms with Gasteiger partial charge in [0, 0.05) is 0 Å². The smallest absolute Gasteiger partial charge is 0.0695 e. The molecule has 0 saturated carbocycles. The third-order valence-electron chi connectivity index (χ3n) is 3.47. The summed E-state index contributed by atoms with van der Waals surface area (Å²) in [6, 6.07) is 10.2. The molecule has 0 heterocycles. The molecule has 0 N–H and O–H groups in total. The molecular weight excluding hydrogens is 240 g/mol. The van der Waals surface area contributed by atoms with E-state index in [4.69, 9.17) is 11.6 Å². The van der Waals surface area contributed by atoms with E-state index in [0.717, 1.165) is 12.0 Å². The molecule has 0 nitrogen and oxygen atoms in total. The van der Waals surface area contributed by atoms with Crippen LogP contribution in [0.1, 0.15) is 63.9 Å². The molecule has 0 fully saturated rings. The summed E-state index contributed by atoms with van der Waals surface area (Å²) in [5.41, 5.74) is 1.14. The highest BCUT2D eigenvalue weighted by molar-refractivity contribution is 6.24. The van der Waals surface area contributed by atoms with Gasteiger partial charge in [-0.15, -0.1) is 11.6 Å². The van der Waals surface area contributed by atoms with Gasteiger partial charge in [0.05, 0.1) is 4.87 Å². The van der Waals surface area contributed by atoms with Crippen LogP contribution >= 0.6 is 11.6 Å². The SMILES string of the molecule is [CH2]C(Cl)(CCCCCCCCC)c1ccccc1. The number of benzene rings is 1. The standard InChI is InChI=1S/C17H26Cl/c1-3-4-5-6-7-8-12-15-17(2,18)16-13-10-9-11-14-16/h9-11,13-14H,2-8,12,15H2,1H3. The second kappa shape index (κ2) is 8.58. The summed E-state index contributed by atoms with van der Waals surface area (Å²) in [5.74, 6) is 0. The van der Waals surface area contributed by atoms with E-state index in [-0.39, 0.29) is 0 Å². The monoisotopic (exact) mass is 265 g/mol. The average molecular weight is 266 g/mol. The number of halogens is 1. The lowest BCUT2D eigenvalue weighted by Crippen LogP contribution is -2.13. The molecule has 0 aromatic heterocycles. The summed E-state index contributed by atoms with van der Waals surface area (Å²) in [4.78, 5) is -0.440. The second-order valence-electron chi connectivity index (χ2n) is 5.20. The van der Waals surface area contributed by atoms with Gasteiger partial charge < -0.3 is 0 Å². The highest BCUT2D eigenvalue weighted by Gasteiger charge is 2.22. The quantitative estimate of drug-likeness (QED) is 0.374. The number of hydrogen-bond acceptors (Lipinski definition) is 0. The molecule has 0 aliphatic heterocycles. The fourth-order valence-corrected chi connectivity index (χ4v) is 2.50. The zero-order valence-corrected chi connectivity index (χ0v) is 12.4. The topological polar surface area (TPSA) is 0 Å². The van der Waals surface area contributed by atoms with E-state index in [1.165, 1.54) is 44.9 Å². The minimum absolute atomic E-state index is 0.440. The maximum Gasteiger partial charge on any atom is 0.0695 e. The maximum atomic E-state index is 6.51. The molecule has 0 bridgehead atoms. The highest BCUT2D eigenvalue weighted by atomic mass is 35.5. The van der Waals surface area contributed by atoms with Crippen molar-refractivity contribution in [3.63, 3.8) is 0 Å². The largest absolute Gasteiger partial charge is 0.114 e. The molecule has 0 saturated heterocycles. The van der Waals surface area contributed by atoms with Gasteiger partial charge >= 0.3 is 0 Å². The molecule has 1 atom stereocenters. The summed E-state index contributed by atoms with van der Waals surface area (Å²) in [6.07, 6.45) is 10.2. The van der Waals surface area contributed by atoms with E-state index in [9.17, 15) is 0 Å². The van der Waals surface area contributed by atoms with Crippen LogP contribution < -0.4 is 0 Å². The van der Waals surface area contributed by atoms with Crippen LogP contribution in [0.2, 0.25) is 0 Å². The first kappa shape index (κ1) is 15.6. The fraction of sp³-hybridized carbons (Fsp3) is 0.588. The van der Waals surface area contributed by atoms with E-state index in [2.05, 4.69) is 26.0 Å². The van der Waals surface area contributed by atoms with Gasteiger partial charge in [-0.3, -0.25) is 0 Å². The van der Waals surface area contributed by atoms with Crippen molar-refractivity contribution >= 4 is 11.6 Å². The Bertz CT molecular complexity index is 303. The van der Waals surface area contributed by atoms with Crippen molar-refractivity contribution in [2.24, 2.45) is 0 Å². The second-order valence-corrected chi connectivity index (χ2v) is 5.93. The molecule has 18 heavy (non-hydrogen) atoms. The van der Waals surface area contributed by atoms with Crippen LogP contribution in [0.5, 0.6) is 0 Å². The van der Waals surface area contributed by atoms with E-state index in [1.54, 1.807) is 0 Å². The lowest BCUT2D eigenvalue weighted by atomic mass is 9.94. The first-order valence-electron chi connectivity index (χ1n) is 7.26. The van der Waals surface area contributed by atoms with Crippen molar-refractivity contribution in [1.82, 2.24) is 0 Å². The normalized spacial score (nSPS) is 14.4. The van der Waals surface area contributed by atoms with Gasteiger partial charge in [0.2, 0.25) is 0 Å². The minimum atomic E-state index is -0.440. The molecule has 1 unspecified atom stereocenters. The van der Waals surface area contributed by atoms with Crippen LogP contribution in [0.3, 0.4) is 0 Å². The van der Waals surface area contributed by atoms with Crippen molar-refractivity contribution in [3.8, 4) is 0 Å². The number of alkyl halides is 1. The summed E-state index contributed by atoms with van der Waals surface area (Å²) < 4.78 is 0. The van der Waals surface area contributed by atoms with Crippen LogP contribution in [0, 0.1) is 6.92 Å². The van der Waals surface area contributed by atoms with Crippen molar-refractivity contribution in [2.45, 2.75) is 63.2 Å². The van der Waals surface area contributed by atoms with Gasteiger partial charge in [0.15, 0.2) is 0 Å². The molecule has 1 aromatic rings. The molecule has 101 valence electrons. The number of unbranched alkanes of at least 4 members (excludes halogenated alkanes) is 6. The van der Waals surface area contributed by atoms with Crippen molar-refractivity contribution in [3.05, 3.63) is 42.8 Å². The Morgan fingerprint density at radius 3 is 2.11 bits per heavy atom. The van der Waals surface area contributed by atoms with Gasteiger partial charge in [-0.2, -0.15) is 0 Å². The number of rotatable bonds is 9. The third kappa shape index (κ3) is 5.91. The summed E-state index contributed by atoms with van der Waals surface area (Å²) >= 11 is 6.51. The zero-order valence-electron chi connectivity index (χ0n) is 11.6. The van der Waals surface area contributed by atoms with E-state index < -0.39 is 4.87 Å². The molecule has 1 rings (SSSR count). The highest BCUT2D eigenvalue weighted by Crippen LogP contribution is 2.33. The Morgan fingerprint density at radius 2 is 1.50 bits per heavy atom. The first-order chi connectivity index (χ1) is 8.67. The van der Waals surface area contributed by atoms with Gasteiger partial charge in [-0.05, 0) is 18.9 Å². The molecule has 0 aliphatic carbocycles. The van der Waals surface area contributed by atoms with Crippen LogP contribution in [0.25, 0.3) is 0 Å². The zero-order chi connectivity index (χ0) is 13.3. The molecule has 1 radical (unpaired) electrons. The van der Waals surface area contributed by atoms with Gasteiger partial charge in [0.25, 0.3) is 0 Å². The molecule has 0 amide bonds. The van der Waals surface area contributed by atoms with Gasteiger partial charge in [-0.25, -0.2) is 0 Å². The van der Waals surface area contributed by atoms with Crippen LogP contribution in [0.4, 0.5) is 0 Å². The van der Waals surface area contributed by atoms with Crippen molar-refractivity contribution < 1.29 is 0 Å². The Labute approximate surface area is 118 Å². The Kier molecular flexibility index (Phi) is 7.42. The van der Waals surface area contributed by atoms with Crippen molar-refractivity contribution in [1.29, 1.82) is 0 Å². The Hall–Kier alpha value is -0.490. The average Bonchev–Trinajstić information content (AvgIpc) is 2.39. The Balaban J connectivity index is 2.18. The maximum absolute atomic E-state index is 6.51. The van der Waals surface area contributed by atoms with Gasteiger partial charge in [0.1, 0.15) is 0 Å². The van der Waals surface area contributed by atoms with Crippen molar-refractivity contribution in [2.75, 3.05) is 0 Å². The third-order valence-corrected chi connectivity index (χ3v) is 3.87. The molecule has 1 heteroatoms. The lowest BCUT2D eigenvalue weighted by molar-refractivity contribution is 0.543. The van der Waals surface area contributed by atoms with E-state index in [0.29, 0.717) is 0 Å². The fourth-order valence-electron chi connectivity index (χ4n) is 2.24. The predicted octanol–water partition coefficient (Wildman–Crippen LogP) is 6.10. The summed E-state index contributed by atoms with van der Waals surface area (Å²) in [6.45, 7) is 6.41. The molecule has 0 aliphatic rings. The van der Waals surface area contributed by atoms with E-state index >= 15 is 0 Å². The molecular formula is C17H26Cl. The van der Waals surface area contributed by atoms with E-state index in [1.807, 2.05) is 18.2 Å². The predicted molar refractivity (Wildman–Crippen MR) is 81.9 cm³/mol. The van der Waals surface area contributed by atoms with Crippen LogP contribution in [-0.2, 0) is 4.87 Å². The summed E-state index contributed by atoms with van der Waals surface area (Å²) in [5, 5.41) is 0. The first-order valence-corrected chi connectivity index (χ1v) is 7.64. The van der Waals surface area contributed by atoms with Crippen LogP contribution in [-0.4, -0.2) is 0 Å². The Morgan fingerprint density at radius 1 is 0.944 bits per heavy atom. The number of hydrogen-bond donors (Lipinski definition) is 0. The van der Waals surface area contributed by atoms with Gasteiger partial charge in [-0.1, -0.05) is 82.2 Å².